The van der Waals surface area contributed by atoms with E-state index in [-0.39, 0.29) is 6.04 Å². The van der Waals surface area contributed by atoms with Crippen molar-refractivity contribution >= 4 is 0 Å². The van der Waals surface area contributed by atoms with Crippen LogP contribution >= 0.6 is 0 Å². The molecule has 1 unspecified atom stereocenters. The molecule has 0 saturated carbocycles. The highest BCUT2D eigenvalue weighted by molar-refractivity contribution is 4.93. The second-order valence-electron chi connectivity index (χ2n) is 3.39. The van der Waals surface area contributed by atoms with E-state index in [1.807, 2.05) is 17.8 Å². The molecule has 0 saturated heterocycles. The van der Waals surface area contributed by atoms with Gasteiger partial charge in [0.2, 0.25) is 0 Å². The number of hydrogen-bond acceptors (Lipinski definition) is 4. The van der Waals surface area contributed by atoms with Gasteiger partial charge < -0.3 is 10.5 Å². The maximum absolute atomic E-state index is 5.42. The van der Waals surface area contributed by atoms with Crippen LogP contribution in [0.15, 0.2) is 6.20 Å². The minimum absolute atomic E-state index is 0.235. The Morgan fingerprint density at radius 2 is 2.43 bits per heavy atom. The topological polar surface area (TPSA) is 66.0 Å². The van der Waals surface area contributed by atoms with E-state index in [1.54, 1.807) is 7.11 Å². The maximum Gasteiger partial charge on any atom is 0.0827 e. The number of nitrogens with zero attached hydrogens (tertiary/aromatic N) is 3. The van der Waals surface area contributed by atoms with Crippen LogP contribution in [0.1, 0.15) is 25.1 Å². The molecule has 2 N–H and O–H groups in total. The smallest absolute Gasteiger partial charge is 0.0827 e. The summed E-state index contributed by atoms with van der Waals surface area (Å²) < 4.78 is 6.87. The van der Waals surface area contributed by atoms with Gasteiger partial charge in [-0.05, 0) is 26.3 Å². The summed E-state index contributed by atoms with van der Waals surface area (Å²) in [6.07, 6.45) is 3.81. The highest BCUT2D eigenvalue weighted by Crippen LogP contribution is 2.05. The van der Waals surface area contributed by atoms with Gasteiger partial charge in [0.25, 0.3) is 0 Å². The van der Waals surface area contributed by atoms with E-state index >= 15 is 0 Å². The summed E-state index contributed by atoms with van der Waals surface area (Å²) in [5.41, 5.74) is 6.41. The number of nitrogens with two attached hydrogens (primary N) is 1. The van der Waals surface area contributed by atoms with Gasteiger partial charge in [-0.3, -0.25) is 0 Å². The summed E-state index contributed by atoms with van der Waals surface area (Å²) in [5, 5.41) is 8.09. The number of aryl methyl sites for hydroxylation is 1. The first kappa shape index (κ1) is 11.1. The molecule has 1 aromatic rings. The monoisotopic (exact) mass is 198 g/mol. The molecular formula is C9H18N4O. The normalized spacial score (nSPS) is 13.1. The van der Waals surface area contributed by atoms with Gasteiger partial charge in [0.1, 0.15) is 0 Å². The summed E-state index contributed by atoms with van der Waals surface area (Å²) in [6, 6.07) is 0.235. The van der Waals surface area contributed by atoms with E-state index in [9.17, 15) is 0 Å². The quantitative estimate of drug-likeness (QED) is 0.717. The van der Waals surface area contributed by atoms with Gasteiger partial charge in [-0.2, -0.15) is 0 Å². The number of rotatable bonds is 6. The van der Waals surface area contributed by atoms with Gasteiger partial charge >= 0.3 is 0 Å². The molecule has 1 heterocycles. The lowest BCUT2D eigenvalue weighted by Gasteiger charge is -2.08. The molecule has 0 radical (unpaired) electrons. The first-order valence-electron chi connectivity index (χ1n) is 4.87. The van der Waals surface area contributed by atoms with Gasteiger partial charge in [-0.1, -0.05) is 5.21 Å². The van der Waals surface area contributed by atoms with E-state index in [0.717, 1.165) is 18.5 Å². The van der Waals surface area contributed by atoms with E-state index in [1.165, 1.54) is 0 Å². The molecule has 0 aromatic carbocycles. The van der Waals surface area contributed by atoms with Crippen molar-refractivity contribution in [3.63, 3.8) is 0 Å². The van der Waals surface area contributed by atoms with Crippen LogP contribution in [-0.2, 0) is 11.2 Å². The number of aromatic nitrogens is 3. The molecule has 0 amide bonds. The largest absolute Gasteiger partial charge is 0.382 e. The Bertz CT molecular complexity index is 261. The Hall–Kier alpha value is -0.940. The average molecular weight is 198 g/mol. The Morgan fingerprint density at radius 3 is 3.07 bits per heavy atom. The molecule has 80 valence electrons. The Kier molecular flexibility index (Phi) is 4.55. The van der Waals surface area contributed by atoms with Crippen LogP contribution in [0, 0.1) is 0 Å². The van der Waals surface area contributed by atoms with E-state index in [4.69, 9.17) is 10.5 Å². The Labute approximate surface area is 84.2 Å². The summed E-state index contributed by atoms with van der Waals surface area (Å²) in [6.45, 7) is 3.39. The fourth-order valence-electron chi connectivity index (χ4n) is 1.24. The highest BCUT2D eigenvalue weighted by atomic mass is 16.5. The lowest BCUT2D eigenvalue weighted by Crippen LogP contribution is -2.11. The molecule has 1 aromatic heterocycles. The van der Waals surface area contributed by atoms with Gasteiger partial charge in [0.15, 0.2) is 0 Å². The lowest BCUT2D eigenvalue weighted by molar-refractivity contribution is 0.156. The van der Waals surface area contributed by atoms with Gasteiger partial charge in [-0.25, -0.2) is 4.68 Å². The summed E-state index contributed by atoms with van der Waals surface area (Å²) in [7, 11) is 1.68. The first-order valence-corrected chi connectivity index (χ1v) is 4.87. The fraction of sp³-hybridized carbons (Fsp3) is 0.778. The third kappa shape index (κ3) is 3.08. The molecule has 1 atom stereocenters. The first-order chi connectivity index (χ1) is 6.77. The molecule has 14 heavy (non-hydrogen) atoms. The molecule has 5 heteroatoms. The molecule has 0 aliphatic heterocycles. The van der Waals surface area contributed by atoms with Gasteiger partial charge in [0.05, 0.1) is 18.3 Å². The van der Waals surface area contributed by atoms with Gasteiger partial charge in [-0.15, -0.1) is 5.10 Å². The predicted molar refractivity (Wildman–Crippen MR) is 54.0 cm³/mol. The van der Waals surface area contributed by atoms with Crippen molar-refractivity contribution in [2.24, 2.45) is 5.73 Å². The second kappa shape index (κ2) is 5.72. The SMILES string of the molecule is COCC(C)n1cc(CCCN)nn1. The van der Waals surface area contributed by atoms with Crippen LogP contribution in [-0.4, -0.2) is 35.3 Å². The standard InChI is InChI=1S/C9H18N4O/c1-8(7-14-2)13-6-9(11-12-13)4-3-5-10/h6,8H,3-5,7,10H2,1-2H3. The average Bonchev–Trinajstić information content (AvgIpc) is 2.63. The zero-order valence-corrected chi connectivity index (χ0v) is 8.81. The predicted octanol–water partition coefficient (Wildman–Crippen LogP) is 0.377. The van der Waals surface area contributed by atoms with E-state index in [0.29, 0.717) is 13.2 Å². The molecule has 0 bridgehead atoms. The van der Waals surface area contributed by atoms with Crippen molar-refractivity contribution < 1.29 is 4.74 Å². The molecule has 0 aliphatic rings. The van der Waals surface area contributed by atoms with Crippen molar-refractivity contribution in [2.45, 2.75) is 25.8 Å². The van der Waals surface area contributed by atoms with Crippen molar-refractivity contribution in [3.8, 4) is 0 Å². The lowest BCUT2D eigenvalue weighted by atomic mass is 10.2. The fourth-order valence-corrected chi connectivity index (χ4v) is 1.24. The van der Waals surface area contributed by atoms with Gasteiger partial charge in [0, 0.05) is 13.3 Å². The molecule has 1 rings (SSSR count). The Morgan fingerprint density at radius 1 is 1.64 bits per heavy atom. The number of methoxy groups -OCH3 is 1. The maximum atomic E-state index is 5.42. The summed E-state index contributed by atoms with van der Waals surface area (Å²) in [5.74, 6) is 0. The highest BCUT2D eigenvalue weighted by Gasteiger charge is 2.06. The van der Waals surface area contributed by atoms with Crippen LogP contribution < -0.4 is 5.73 Å². The minimum Gasteiger partial charge on any atom is -0.382 e. The molecular weight excluding hydrogens is 180 g/mol. The zero-order valence-electron chi connectivity index (χ0n) is 8.81. The Balaban J connectivity index is 2.49. The molecule has 0 spiro atoms. The van der Waals surface area contributed by atoms with Crippen molar-refractivity contribution in [2.75, 3.05) is 20.3 Å². The van der Waals surface area contributed by atoms with E-state index in [2.05, 4.69) is 10.3 Å². The molecule has 0 fully saturated rings. The number of hydrogen-bond donors (Lipinski definition) is 1. The summed E-state index contributed by atoms with van der Waals surface area (Å²) in [4.78, 5) is 0. The van der Waals surface area contributed by atoms with Crippen molar-refractivity contribution in [1.29, 1.82) is 0 Å². The van der Waals surface area contributed by atoms with E-state index < -0.39 is 0 Å². The van der Waals surface area contributed by atoms with Crippen LogP contribution in [0.5, 0.6) is 0 Å². The third-order valence-electron chi connectivity index (χ3n) is 2.05. The van der Waals surface area contributed by atoms with Crippen LogP contribution in [0.3, 0.4) is 0 Å². The minimum atomic E-state index is 0.235. The zero-order chi connectivity index (χ0) is 10.4. The van der Waals surface area contributed by atoms with Crippen LogP contribution in [0.4, 0.5) is 0 Å². The third-order valence-corrected chi connectivity index (χ3v) is 2.05. The van der Waals surface area contributed by atoms with Crippen molar-refractivity contribution in [3.05, 3.63) is 11.9 Å². The molecule has 5 nitrogen and oxygen atoms in total. The molecule has 0 aliphatic carbocycles. The van der Waals surface area contributed by atoms with Crippen LogP contribution in [0.25, 0.3) is 0 Å². The second-order valence-corrected chi connectivity index (χ2v) is 3.39. The van der Waals surface area contributed by atoms with Crippen LogP contribution in [0.2, 0.25) is 0 Å². The summed E-state index contributed by atoms with van der Waals surface area (Å²) >= 11 is 0. The number of ether oxygens (including phenoxy) is 1. The van der Waals surface area contributed by atoms with Crippen molar-refractivity contribution in [1.82, 2.24) is 15.0 Å².